The molecular formula is C13H11ClO. The van der Waals surface area contributed by atoms with Crippen LogP contribution in [0, 0.1) is 0 Å². The molecule has 76 valence electrons. The van der Waals surface area contributed by atoms with Gasteiger partial charge in [-0.25, -0.2) is 0 Å². The lowest BCUT2D eigenvalue weighted by Gasteiger charge is -2.08. The molecule has 0 spiro atoms. The van der Waals surface area contributed by atoms with Crippen molar-refractivity contribution in [1.82, 2.24) is 0 Å². The average Bonchev–Trinajstić information content (AvgIpc) is 2.29. The molecule has 0 atom stereocenters. The average molecular weight is 219 g/mol. The van der Waals surface area contributed by atoms with Crippen molar-refractivity contribution in [2.24, 2.45) is 0 Å². The van der Waals surface area contributed by atoms with Crippen LogP contribution in [0.2, 0.25) is 5.02 Å². The van der Waals surface area contributed by atoms with Gasteiger partial charge in [-0.3, -0.25) is 0 Å². The third kappa shape index (κ3) is 1.97. The molecule has 0 aromatic heterocycles. The second-order valence-electron chi connectivity index (χ2n) is 3.19. The minimum Gasteiger partial charge on any atom is -0.489 e. The van der Waals surface area contributed by atoms with Crippen LogP contribution in [0.1, 0.15) is 0 Å². The van der Waals surface area contributed by atoms with Gasteiger partial charge in [-0.2, -0.15) is 0 Å². The largest absolute Gasteiger partial charge is 0.489 e. The summed E-state index contributed by atoms with van der Waals surface area (Å²) in [5.74, 6) is 0.843. The van der Waals surface area contributed by atoms with Crippen LogP contribution >= 0.6 is 11.6 Å². The molecule has 0 radical (unpaired) electrons. The van der Waals surface area contributed by atoms with Crippen LogP contribution in [0.3, 0.4) is 0 Å². The second-order valence-corrected chi connectivity index (χ2v) is 3.60. The maximum Gasteiger partial charge on any atom is 0.127 e. The number of rotatable bonds is 3. The van der Waals surface area contributed by atoms with Crippen LogP contribution in [-0.4, -0.2) is 6.61 Å². The Labute approximate surface area is 93.9 Å². The summed E-state index contributed by atoms with van der Waals surface area (Å²) in [6.45, 7) is 4.13. The highest BCUT2D eigenvalue weighted by molar-refractivity contribution is 6.35. The highest BCUT2D eigenvalue weighted by Crippen LogP contribution is 2.31. The fraction of sp³-hybridized carbons (Fsp3) is 0.0769. The predicted octanol–water partition coefficient (Wildman–Crippen LogP) is 4.06. The number of ether oxygens (including phenoxy) is 1. The van der Waals surface area contributed by atoms with Crippen LogP contribution in [0.5, 0.6) is 5.75 Å². The number of benzene rings is 2. The SMILES string of the molecule is C=CCOc1ccc(Cl)c2ccccc12. The Morgan fingerprint density at radius 1 is 1.13 bits per heavy atom. The summed E-state index contributed by atoms with van der Waals surface area (Å²) in [4.78, 5) is 0. The molecule has 1 nitrogen and oxygen atoms in total. The topological polar surface area (TPSA) is 9.23 Å². The van der Waals surface area contributed by atoms with E-state index >= 15 is 0 Å². The zero-order valence-corrected chi connectivity index (χ0v) is 9.00. The Bertz CT molecular complexity index is 491. The summed E-state index contributed by atoms with van der Waals surface area (Å²) >= 11 is 6.09. The van der Waals surface area contributed by atoms with Gasteiger partial charge in [0, 0.05) is 15.8 Å². The molecule has 2 aromatic carbocycles. The first kappa shape index (κ1) is 10.1. The van der Waals surface area contributed by atoms with Gasteiger partial charge in [0.25, 0.3) is 0 Å². The van der Waals surface area contributed by atoms with Crippen molar-refractivity contribution in [3.8, 4) is 5.75 Å². The van der Waals surface area contributed by atoms with Crippen molar-refractivity contribution in [2.45, 2.75) is 0 Å². The van der Waals surface area contributed by atoms with Gasteiger partial charge in [0.1, 0.15) is 12.4 Å². The quantitative estimate of drug-likeness (QED) is 0.706. The molecule has 2 rings (SSSR count). The Morgan fingerprint density at radius 3 is 2.60 bits per heavy atom. The highest BCUT2D eigenvalue weighted by Gasteiger charge is 2.03. The Kier molecular flexibility index (Phi) is 2.93. The van der Waals surface area contributed by atoms with Crippen LogP contribution in [-0.2, 0) is 0 Å². The van der Waals surface area contributed by atoms with Crippen LogP contribution in [0.15, 0.2) is 49.1 Å². The van der Waals surface area contributed by atoms with Gasteiger partial charge in [-0.1, -0.05) is 48.5 Å². The molecule has 0 fully saturated rings. The van der Waals surface area contributed by atoms with E-state index < -0.39 is 0 Å². The monoisotopic (exact) mass is 218 g/mol. The first-order chi connectivity index (χ1) is 7.33. The van der Waals surface area contributed by atoms with Crippen molar-refractivity contribution < 1.29 is 4.74 Å². The van der Waals surface area contributed by atoms with E-state index in [4.69, 9.17) is 16.3 Å². The lowest BCUT2D eigenvalue weighted by Crippen LogP contribution is -1.93. The predicted molar refractivity (Wildman–Crippen MR) is 64.7 cm³/mol. The van der Waals surface area contributed by atoms with E-state index in [9.17, 15) is 0 Å². The summed E-state index contributed by atoms with van der Waals surface area (Å²) in [6, 6.07) is 11.7. The maximum absolute atomic E-state index is 6.09. The van der Waals surface area contributed by atoms with E-state index in [0.717, 1.165) is 21.5 Å². The zero-order valence-electron chi connectivity index (χ0n) is 8.24. The van der Waals surface area contributed by atoms with Crippen molar-refractivity contribution in [3.05, 3.63) is 54.1 Å². The molecular weight excluding hydrogens is 208 g/mol. The number of hydrogen-bond acceptors (Lipinski definition) is 1. The fourth-order valence-corrected chi connectivity index (χ4v) is 1.74. The molecule has 2 aromatic rings. The summed E-state index contributed by atoms with van der Waals surface area (Å²) in [6.07, 6.45) is 1.73. The Balaban J connectivity index is 2.56. The third-order valence-corrected chi connectivity index (χ3v) is 2.52. The third-order valence-electron chi connectivity index (χ3n) is 2.19. The number of halogens is 1. The molecule has 0 bridgehead atoms. The van der Waals surface area contributed by atoms with Crippen LogP contribution < -0.4 is 4.74 Å². The van der Waals surface area contributed by atoms with Gasteiger partial charge in [0.15, 0.2) is 0 Å². The molecule has 0 unspecified atom stereocenters. The van der Waals surface area contributed by atoms with Crippen LogP contribution in [0.25, 0.3) is 10.8 Å². The summed E-state index contributed by atoms with van der Waals surface area (Å²) in [5, 5.41) is 2.80. The molecule has 2 heteroatoms. The van der Waals surface area contributed by atoms with Crippen LogP contribution in [0.4, 0.5) is 0 Å². The zero-order chi connectivity index (χ0) is 10.7. The normalized spacial score (nSPS) is 10.2. The highest BCUT2D eigenvalue weighted by atomic mass is 35.5. The first-order valence-electron chi connectivity index (χ1n) is 4.74. The molecule has 0 aliphatic carbocycles. The van der Waals surface area contributed by atoms with E-state index in [1.165, 1.54) is 0 Å². The Morgan fingerprint density at radius 2 is 1.87 bits per heavy atom. The van der Waals surface area contributed by atoms with E-state index in [0.29, 0.717) is 6.61 Å². The standard InChI is InChI=1S/C13H11ClO/c1-2-9-15-13-8-7-12(14)10-5-3-4-6-11(10)13/h2-8H,1,9H2. The molecule has 0 aliphatic heterocycles. The molecule has 0 aliphatic rings. The minimum atomic E-state index is 0.506. The number of hydrogen-bond donors (Lipinski definition) is 0. The van der Waals surface area contributed by atoms with E-state index in [1.807, 2.05) is 36.4 Å². The fourth-order valence-electron chi connectivity index (χ4n) is 1.51. The smallest absolute Gasteiger partial charge is 0.127 e. The molecule has 0 amide bonds. The minimum absolute atomic E-state index is 0.506. The molecule has 0 saturated carbocycles. The van der Waals surface area contributed by atoms with Gasteiger partial charge in [-0.15, -0.1) is 0 Å². The van der Waals surface area contributed by atoms with Gasteiger partial charge < -0.3 is 4.74 Å². The molecule has 15 heavy (non-hydrogen) atoms. The van der Waals surface area contributed by atoms with E-state index in [1.54, 1.807) is 6.08 Å². The van der Waals surface area contributed by atoms with Crippen molar-refractivity contribution >= 4 is 22.4 Å². The van der Waals surface area contributed by atoms with E-state index in [-0.39, 0.29) is 0 Å². The van der Waals surface area contributed by atoms with Gasteiger partial charge in [0.2, 0.25) is 0 Å². The van der Waals surface area contributed by atoms with Gasteiger partial charge >= 0.3 is 0 Å². The summed E-state index contributed by atoms with van der Waals surface area (Å²) in [5.41, 5.74) is 0. The lowest BCUT2D eigenvalue weighted by atomic mass is 10.1. The van der Waals surface area contributed by atoms with Gasteiger partial charge in [0.05, 0.1) is 0 Å². The van der Waals surface area contributed by atoms with Crippen molar-refractivity contribution in [1.29, 1.82) is 0 Å². The Hall–Kier alpha value is -1.47. The second kappa shape index (κ2) is 4.37. The molecule has 0 N–H and O–H groups in total. The molecule has 0 saturated heterocycles. The lowest BCUT2D eigenvalue weighted by molar-refractivity contribution is 0.367. The van der Waals surface area contributed by atoms with Gasteiger partial charge in [-0.05, 0) is 12.1 Å². The summed E-state index contributed by atoms with van der Waals surface area (Å²) in [7, 11) is 0. The van der Waals surface area contributed by atoms with Crippen molar-refractivity contribution in [3.63, 3.8) is 0 Å². The number of fused-ring (bicyclic) bond motifs is 1. The maximum atomic E-state index is 6.09. The van der Waals surface area contributed by atoms with Crippen molar-refractivity contribution in [2.75, 3.05) is 6.61 Å². The molecule has 0 heterocycles. The first-order valence-corrected chi connectivity index (χ1v) is 5.11. The van der Waals surface area contributed by atoms with E-state index in [2.05, 4.69) is 6.58 Å². The summed E-state index contributed by atoms with van der Waals surface area (Å²) < 4.78 is 5.55.